The van der Waals surface area contributed by atoms with Crippen LogP contribution in [0.25, 0.3) is 0 Å². The highest BCUT2D eigenvalue weighted by Crippen LogP contribution is 2.29. The molecule has 19 heavy (non-hydrogen) atoms. The zero-order chi connectivity index (χ0) is 14.0. The summed E-state index contributed by atoms with van der Waals surface area (Å²) >= 11 is 6.24. The van der Waals surface area contributed by atoms with E-state index in [0.717, 1.165) is 22.3 Å². The van der Waals surface area contributed by atoms with Gasteiger partial charge < -0.3 is 5.11 Å². The molecule has 0 aromatic heterocycles. The minimum Gasteiger partial charge on any atom is -0.388 e. The molecule has 0 heterocycles. The van der Waals surface area contributed by atoms with Gasteiger partial charge in [-0.3, -0.25) is 0 Å². The normalized spacial score (nSPS) is 12.5. The zero-order valence-electron chi connectivity index (χ0n) is 11.6. The summed E-state index contributed by atoms with van der Waals surface area (Å²) in [5.41, 5.74) is 5.47. The Morgan fingerprint density at radius 1 is 1.00 bits per heavy atom. The van der Waals surface area contributed by atoms with Crippen molar-refractivity contribution in [3.8, 4) is 0 Å². The van der Waals surface area contributed by atoms with Gasteiger partial charge in [-0.25, -0.2) is 0 Å². The molecule has 0 amide bonds. The van der Waals surface area contributed by atoms with Crippen LogP contribution in [0.1, 0.15) is 33.9 Å². The van der Waals surface area contributed by atoms with Crippen molar-refractivity contribution in [3.05, 3.63) is 69.2 Å². The van der Waals surface area contributed by atoms with Gasteiger partial charge in [-0.1, -0.05) is 41.9 Å². The molecular formula is C17H19ClO. The molecule has 2 aromatic rings. The summed E-state index contributed by atoms with van der Waals surface area (Å²) in [7, 11) is 0. The summed E-state index contributed by atoms with van der Waals surface area (Å²) in [4.78, 5) is 0. The molecular weight excluding hydrogens is 256 g/mol. The number of halogens is 1. The van der Waals surface area contributed by atoms with E-state index in [1.54, 1.807) is 0 Å². The van der Waals surface area contributed by atoms with Crippen LogP contribution in [0.15, 0.2) is 36.4 Å². The molecule has 0 saturated carbocycles. The lowest BCUT2D eigenvalue weighted by atomic mass is 9.96. The lowest BCUT2D eigenvalue weighted by Crippen LogP contribution is -2.05. The molecule has 2 rings (SSSR count). The predicted octanol–water partition coefficient (Wildman–Crippen LogP) is 4.54. The third kappa shape index (κ3) is 3.17. The van der Waals surface area contributed by atoms with Crippen LogP contribution in [0.5, 0.6) is 0 Å². The minimum atomic E-state index is -0.562. The van der Waals surface area contributed by atoms with E-state index in [-0.39, 0.29) is 0 Å². The molecule has 0 fully saturated rings. The predicted molar refractivity (Wildman–Crippen MR) is 80.8 cm³/mol. The van der Waals surface area contributed by atoms with E-state index in [4.69, 9.17) is 11.6 Å². The van der Waals surface area contributed by atoms with Crippen LogP contribution in [-0.2, 0) is 6.42 Å². The van der Waals surface area contributed by atoms with Gasteiger partial charge in [0.05, 0.1) is 6.10 Å². The van der Waals surface area contributed by atoms with E-state index in [0.29, 0.717) is 11.4 Å². The maximum Gasteiger partial charge on any atom is 0.0844 e. The van der Waals surface area contributed by atoms with E-state index < -0.39 is 6.10 Å². The van der Waals surface area contributed by atoms with Crippen LogP contribution >= 0.6 is 11.6 Å². The Hall–Kier alpha value is -1.31. The summed E-state index contributed by atoms with van der Waals surface area (Å²) in [5, 5.41) is 11.1. The fraction of sp³-hybridized carbons (Fsp3) is 0.294. The first-order chi connectivity index (χ1) is 8.99. The average molecular weight is 275 g/mol. The van der Waals surface area contributed by atoms with E-state index in [1.165, 1.54) is 5.56 Å². The van der Waals surface area contributed by atoms with Crippen molar-refractivity contribution in [3.63, 3.8) is 0 Å². The number of aliphatic hydroxyl groups excluding tert-OH is 1. The van der Waals surface area contributed by atoms with Crippen molar-refractivity contribution < 1.29 is 5.11 Å². The quantitative estimate of drug-likeness (QED) is 0.871. The molecule has 1 atom stereocenters. The number of aryl methyl sites for hydroxylation is 3. The number of hydrogen-bond donors (Lipinski definition) is 1. The summed E-state index contributed by atoms with van der Waals surface area (Å²) in [6.07, 6.45) is 0.0300. The molecule has 0 aliphatic carbocycles. The Balaban J connectivity index is 2.28. The number of hydrogen-bond acceptors (Lipinski definition) is 1. The summed E-state index contributed by atoms with van der Waals surface area (Å²) in [5.74, 6) is 0. The van der Waals surface area contributed by atoms with Crippen molar-refractivity contribution >= 4 is 11.6 Å². The van der Waals surface area contributed by atoms with Crippen LogP contribution in [0, 0.1) is 20.8 Å². The maximum atomic E-state index is 10.4. The third-order valence-corrected chi connectivity index (χ3v) is 3.97. The first-order valence-corrected chi connectivity index (χ1v) is 6.86. The summed E-state index contributed by atoms with van der Waals surface area (Å²) in [6.45, 7) is 6.12. The topological polar surface area (TPSA) is 20.2 Å². The standard InChI is InChI=1S/C17H19ClO/c1-11-6-4-5-7-14(11)10-17(19)15-8-12(2)13(3)9-16(15)18/h4-9,17,19H,10H2,1-3H3. The second kappa shape index (κ2) is 5.77. The second-order valence-electron chi connectivity index (χ2n) is 5.10. The highest BCUT2D eigenvalue weighted by molar-refractivity contribution is 6.31. The molecule has 1 unspecified atom stereocenters. The van der Waals surface area contributed by atoms with E-state index in [2.05, 4.69) is 13.0 Å². The van der Waals surface area contributed by atoms with Gasteiger partial charge in [0.25, 0.3) is 0 Å². The number of benzene rings is 2. The zero-order valence-corrected chi connectivity index (χ0v) is 12.3. The monoisotopic (exact) mass is 274 g/mol. The van der Waals surface area contributed by atoms with Gasteiger partial charge in [0.1, 0.15) is 0 Å². The van der Waals surface area contributed by atoms with Gasteiger partial charge in [-0.2, -0.15) is 0 Å². The van der Waals surface area contributed by atoms with E-state index in [1.807, 2.05) is 44.2 Å². The fourth-order valence-corrected chi connectivity index (χ4v) is 2.56. The molecule has 1 N–H and O–H groups in total. The molecule has 0 saturated heterocycles. The van der Waals surface area contributed by atoms with Crippen LogP contribution in [0.3, 0.4) is 0 Å². The summed E-state index contributed by atoms with van der Waals surface area (Å²) in [6, 6.07) is 12.0. The van der Waals surface area contributed by atoms with Crippen molar-refractivity contribution in [2.75, 3.05) is 0 Å². The Labute approximate surface area is 119 Å². The summed E-state index contributed by atoms with van der Waals surface area (Å²) < 4.78 is 0. The SMILES string of the molecule is Cc1cc(Cl)c(C(O)Cc2ccccc2C)cc1C. The van der Waals surface area contributed by atoms with Crippen LogP contribution < -0.4 is 0 Å². The van der Waals surface area contributed by atoms with E-state index in [9.17, 15) is 5.11 Å². The Morgan fingerprint density at radius 3 is 2.32 bits per heavy atom. The lowest BCUT2D eigenvalue weighted by molar-refractivity contribution is 0.178. The molecule has 2 heteroatoms. The largest absolute Gasteiger partial charge is 0.388 e. The van der Waals surface area contributed by atoms with Gasteiger partial charge >= 0.3 is 0 Å². The van der Waals surface area contributed by atoms with Gasteiger partial charge in [-0.05, 0) is 54.7 Å². The second-order valence-corrected chi connectivity index (χ2v) is 5.51. The first-order valence-electron chi connectivity index (χ1n) is 6.48. The molecule has 100 valence electrons. The van der Waals surface area contributed by atoms with Crippen molar-refractivity contribution in [2.24, 2.45) is 0 Å². The van der Waals surface area contributed by atoms with Gasteiger partial charge in [0, 0.05) is 11.4 Å². The lowest BCUT2D eigenvalue weighted by Gasteiger charge is -2.16. The van der Waals surface area contributed by atoms with Crippen molar-refractivity contribution in [2.45, 2.75) is 33.3 Å². The molecule has 0 aliphatic heterocycles. The van der Waals surface area contributed by atoms with Crippen molar-refractivity contribution in [1.82, 2.24) is 0 Å². The molecule has 0 bridgehead atoms. The Kier molecular flexibility index (Phi) is 4.28. The molecule has 0 spiro atoms. The number of aliphatic hydroxyl groups is 1. The maximum absolute atomic E-state index is 10.4. The smallest absolute Gasteiger partial charge is 0.0844 e. The highest BCUT2D eigenvalue weighted by atomic mass is 35.5. The Morgan fingerprint density at radius 2 is 1.63 bits per heavy atom. The van der Waals surface area contributed by atoms with Gasteiger partial charge in [0.2, 0.25) is 0 Å². The minimum absolute atomic E-state index is 0.562. The molecule has 0 aliphatic rings. The van der Waals surface area contributed by atoms with Gasteiger partial charge in [-0.15, -0.1) is 0 Å². The Bertz CT molecular complexity index is 590. The number of rotatable bonds is 3. The van der Waals surface area contributed by atoms with Crippen molar-refractivity contribution in [1.29, 1.82) is 0 Å². The molecule has 1 nitrogen and oxygen atoms in total. The first kappa shape index (κ1) is 14.1. The van der Waals surface area contributed by atoms with Gasteiger partial charge in [0.15, 0.2) is 0 Å². The fourth-order valence-electron chi connectivity index (χ4n) is 2.22. The molecule has 0 radical (unpaired) electrons. The van der Waals surface area contributed by atoms with E-state index >= 15 is 0 Å². The third-order valence-electron chi connectivity index (χ3n) is 3.65. The highest BCUT2D eigenvalue weighted by Gasteiger charge is 2.14. The van der Waals surface area contributed by atoms with Crippen LogP contribution in [0.2, 0.25) is 5.02 Å². The van der Waals surface area contributed by atoms with Crippen LogP contribution in [0.4, 0.5) is 0 Å². The molecule has 2 aromatic carbocycles. The average Bonchev–Trinajstić information content (AvgIpc) is 2.36. The van der Waals surface area contributed by atoms with Crippen LogP contribution in [-0.4, -0.2) is 5.11 Å².